The molecule has 0 fully saturated rings. The van der Waals surface area contributed by atoms with E-state index in [-0.39, 0.29) is 10.8 Å². The quantitative estimate of drug-likeness (QED) is 0.173. The summed E-state index contributed by atoms with van der Waals surface area (Å²) in [7, 11) is 0. The van der Waals surface area contributed by atoms with Crippen LogP contribution in [0.3, 0.4) is 0 Å². The molecule has 0 spiro atoms. The fourth-order valence-corrected chi connectivity index (χ4v) is 10.7. The third-order valence-corrected chi connectivity index (χ3v) is 13.4. The van der Waals surface area contributed by atoms with Crippen LogP contribution in [0.15, 0.2) is 133 Å². The highest BCUT2D eigenvalue weighted by atomic mass is 32.1. The second kappa shape index (κ2) is 10.1. The maximum Gasteiger partial charge on any atom is 0.0795 e. The van der Waals surface area contributed by atoms with Gasteiger partial charge in [0.05, 0.1) is 32.5 Å². The smallest absolute Gasteiger partial charge is 0.0795 e. The van der Waals surface area contributed by atoms with Crippen LogP contribution < -0.4 is 0 Å². The van der Waals surface area contributed by atoms with E-state index in [0.29, 0.717) is 0 Å². The van der Waals surface area contributed by atoms with Gasteiger partial charge in [0.15, 0.2) is 0 Å². The summed E-state index contributed by atoms with van der Waals surface area (Å²) in [4.78, 5) is 0. The molecule has 0 saturated carbocycles. The molecule has 10 aromatic rings. The minimum atomic E-state index is 0.0836. The normalized spacial score (nSPS) is 15.6. The van der Waals surface area contributed by atoms with Crippen molar-refractivity contribution in [3.05, 3.63) is 145 Å². The standard InChI is InChI=1S/C48H38N2S/c1-47(2)25-26-48(3,4)37-28-40-35(27-36(37)47)43-32-19-9-8-18-31(32)42-34-20-10-12-22-38(34)49(29-15-6-5-7-16-29)44(42)45(43)50(40)39-23-14-21-33-30-17-11-13-24-41(30)51-46(33)39/h5-24,27-28H,25-26H2,1-4H3. The molecule has 2 nitrogen and oxygen atoms in total. The van der Waals surface area contributed by atoms with Crippen LogP contribution in [-0.4, -0.2) is 9.13 Å². The van der Waals surface area contributed by atoms with E-state index in [2.05, 4.69) is 170 Å². The number of fused-ring (bicyclic) bond motifs is 14. The molecule has 1 aliphatic carbocycles. The van der Waals surface area contributed by atoms with Gasteiger partial charge in [0.25, 0.3) is 0 Å². The molecule has 0 radical (unpaired) electrons. The van der Waals surface area contributed by atoms with Crippen LogP contribution in [0.5, 0.6) is 0 Å². The maximum absolute atomic E-state index is 2.66. The number of hydrogen-bond donors (Lipinski definition) is 0. The van der Waals surface area contributed by atoms with E-state index in [1.54, 1.807) is 0 Å². The molecule has 0 bridgehead atoms. The molecule has 3 heterocycles. The van der Waals surface area contributed by atoms with E-state index in [1.165, 1.54) is 110 Å². The van der Waals surface area contributed by atoms with Crippen molar-refractivity contribution in [1.82, 2.24) is 9.13 Å². The summed E-state index contributed by atoms with van der Waals surface area (Å²) in [5.41, 5.74) is 10.7. The van der Waals surface area contributed by atoms with Crippen LogP contribution in [-0.2, 0) is 10.8 Å². The van der Waals surface area contributed by atoms with Crippen LogP contribution in [0.4, 0.5) is 0 Å². The van der Waals surface area contributed by atoms with Crippen LogP contribution in [0.25, 0.3) is 85.9 Å². The van der Waals surface area contributed by atoms with E-state index < -0.39 is 0 Å². The number of nitrogens with zero attached hydrogens (tertiary/aromatic N) is 2. The molecule has 246 valence electrons. The third-order valence-electron chi connectivity index (χ3n) is 12.1. The second-order valence-electron chi connectivity index (χ2n) is 16.0. The summed E-state index contributed by atoms with van der Waals surface area (Å²) in [6.45, 7) is 9.81. The molecule has 3 heteroatoms. The summed E-state index contributed by atoms with van der Waals surface area (Å²) in [5, 5.41) is 10.6. The fourth-order valence-electron chi connectivity index (χ4n) is 9.50. The van der Waals surface area contributed by atoms with Gasteiger partial charge in [-0.15, -0.1) is 11.3 Å². The van der Waals surface area contributed by atoms with Crippen LogP contribution in [0.1, 0.15) is 51.7 Å². The SMILES string of the molecule is CC1(C)CCC(C)(C)c2cc3c(cc21)c1c2ccccc2c2c4ccccc4n(-c4ccccc4)c2c1n3-c1cccc2c1sc1ccccc12. The predicted molar refractivity (Wildman–Crippen MR) is 221 cm³/mol. The minimum absolute atomic E-state index is 0.0836. The molecular weight excluding hydrogens is 637 g/mol. The van der Waals surface area contributed by atoms with Gasteiger partial charge in [-0.1, -0.05) is 119 Å². The lowest BCUT2D eigenvalue weighted by Crippen LogP contribution is -2.33. The largest absolute Gasteiger partial charge is 0.307 e. The molecule has 0 unspecified atom stereocenters. The van der Waals surface area contributed by atoms with Gasteiger partial charge in [-0.25, -0.2) is 0 Å². The summed E-state index contributed by atoms with van der Waals surface area (Å²) in [6.07, 6.45) is 2.37. The summed E-state index contributed by atoms with van der Waals surface area (Å²) in [5.74, 6) is 0. The number of para-hydroxylation sites is 2. The number of aromatic nitrogens is 2. The first-order valence-electron chi connectivity index (χ1n) is 18.2. The first-order valence-corrected chi connectivity index (χ1v) is 19.1. The summed E-state index contributed by atoms with van der Waals surface area (Å²) in [6, 6.07) is 50.2. The lowest BCUT2D eigenvalue weighted by molar-refractivity contribution is 0.332. The summed E-state index contributed by atoms with van der Waals surface area (Å²) >= 11 is 1.92. The van der Waals surface area contributed by atoms with Gasteiger partial charge in [0, 0.05) is 42.7 Å². The summed E-state index contributed by atoms with van der Waals surface area (Å²) < 4.78 is 7.86. The van der Waals surface area contributed by atoms with Crippen molar-refractivity contribution in [2.24, 2.45) is 0 Å². The topological polar surface area (TPSA) is 9.86 Å². The highest BCUT2D eigenvalue weighted by Crippen LogP contribution is 2.52. The van der Waals surface area contributed by atoms with E-state index >= 15 is 0 Å². The maximum atomic E-state index is 2.66. The zero-order valence-electron chi connectivity index (χ0n) is 29.4. The zero-order chi connectivity index (χ0) is 34.2. The monoisotopic (exact) mass is 674 g/mol. The Morgan fingerprint density at radius 2 is 1.04 bits per heavy atom. The number of hydrogen-bond acceptors (Lipinski definition) is 1. The van der Waals surface area contributed by atoms with Gasteiger partial charge in [-0.05, 0) is 88.0 Å². The highest BCUT2D eigenvalue weighted by Gasteiger charge is 2.38. The highest BCUT2D eigenvalue weighted by molar-refractivity contribution is 7.26. The van der Waals surface area contributed by atoms with Gasteiger partial charge in [-0.3, -0.25) is 0 Å². The predicted octanol–water partition coefficient (Wildman–Crippen LogP) is 13.8. The Morgan fingerprint density at radius 1 is 0.471 bits per heavy atom. The first kappa shape index (κ1) is 29.4. The molecule has 0 N–H and O–H groups in total. The van der Waals surface area contributed by atoms with E-state index in [1.807, 2.05) is 11.3 Å². The van der Waals surface area contributed by atoms with Gasteiger partial charge in [0.2, 0.25) is 0 Å². The lowest BCUT2D eigenvalue weighted by Gasteiger charge is -2.42. The number of benzene rings is 7. The van der Waals surface area contributed by atoms with Crippen molar-refractivity contribution >= 4 is 85.9 Å². The molecule has 11 rings (SSSR count). The van der Waals surface area contributed by atoms with Gasteiger partial charge in [0.1, 0.15) is 0 Å². The van der Waals surface area contributed by atoms with Crippen LogP contribution >= 0.6 is 11.3 Å². The lowest BCUT2D eigenvalue weighted by atomic mass is 9.63. The van der Waals surface area contributed by atoms with Crippen molar-refractivity contribution in [2.75, 3.05) is 0 Å². The van der Waals surface area contributed by atoms with Gasteiger partial charge in [-0.2, -0.15) is 0 Å². The number of thiophene rings is 1. The van der Waals surface area contributed by atoms with Crippen molar-refractivity contribution < 1.29 is 0 Å². The molecule has 7 aromatic carbocycles. The van der Waals surface area contributed by atoms with Crippen molar-refractivity contribution in [1.29, 1.82) is 0 Å². The Kier molecular flexibility index (Phi) is 5.82. The molecule has 1 aliphatic rings. The Balaban J connectivity index is 1.48. The Morgan fingerprint density at radius 3 is 1.78 bits per heavy atom. The van der Waals surface area contributed by atoms with E-state index in [4.69, 9.17) is 0 Å². The zero-order valence-corrected chi connectivity index (χ0v) is 30.2. The Bertz CT molecular complexity index is 3080. The average Bonchev–Trinajstić information content (AvgIpc) is 3.82. The van der Waals surface area contributed by atoms with Crippen LogP contribution in [0.2, 0.25) is 0 Å². The van der Waals surface area contributed by atoms with E-state index in [0.717, 1.165) is 0 Å². The van der Waals surface area contributed by atoms with Crippen molar-refractivity contribution in [3.63, 3.8) is 0 Å². The van der Waals surface area contributed by atoms with Crippen molar-refractivity contribution in [3.8, 4) is 11.4 Å². The molecule has 0 atom stereocenters. The number of rotatable bonds is 2. The molecule has 51 heavy (non-hydrogen) atoms. The average molecular weight is 675 g/mol. The molecule has 0 aliphatic heterocycles. The van der Waals surface area contributed by atoms with Crippen LogP contribution in [0, 0.1) is 0 Å². The Hall–Kier alpha value is -5.38. The molecular formula is C48H38N2S. The first-order chi connectivity index (χ1) is 24.8. The minimum Gasteiger partial charge on any atom is -0.307 e. The van der Waals surface area contributed by atoms with Crippen molar-refractivity contribution in [2.45, 2.75) is 51.4 Å². The molecule has 0 saturated heterocycles. The Labute approximate surface area is 301 Å². The fraction of sp³-hybridized carbons (Fsp3) is 0.167. The second-order valence-corrected chi connectivity index (χ2v) is 17.0. The molecule has 0 amide bonds. The van der Waals surface area contributed by atoms with Gasteiger partial charge < -0.3 is 9.13 Å². The van der Waals surface area contributed by atoms with E-state index in [9.17, 15) is 0 Å². The molecule has 3 aromatic heterocycles. The van der Waals surface area contributed by atoms with Gasteiger partial charge >= 0.3 is 0 Å². The third kappa shape index (κ3) is 3.88.